The number of rotatable bonds is 4. The highest BCUT2D eigenvalue weighted by molar-refractivity contribution is 7.94. The highest BCUT2D eigenvalue weighted by atomic mass is 32.2. The lowest BCUT2D eigenvalue weighted by atomic mass is 10.3. The lowest BCUT2D eigenvalue weighted by Crippen LogP contribution is -2.29. The van der Waals surface area contributed by atoms with Gasteiger partial charge in [0.25, 0.3) is 0 Å². The van der Waals surface area contributed by atoms with E-state index < -0.39 is 9.84 Å². The van der Waals surface area contributed by atoms with Crippen molar-refractivity contribution in [1.29, 1.82) is 0 Å². The molecule has 1 N–H and O–H groups in total. The topological polar surface area (TPSA) is 51.1 Å². The highest BCUT2D eigenvalue weighted by Crippen LogP contribution is 2.09. The lowest BCUT2D eigenvalue weighted by Gasteiger charge is -2.08. The Morgan fingerprint density at radius 2 is 2.38 bits per heavy atom. The standard InChI is InChI=1S/C11H16N2O2S/c1-2-13-5-3-10(8-13)7-12-11-4-6-16(14,15)9-11/h3-6,8,11-12H,2,7,9H2,1H3. The van der Waals surface area contributed by atoms with Gasteiger partial charge in [-0.1, -0.05) is 6.08 Å². The van der Waals surface area contributed by atoms with Gasteiger partial charge in [-0.25, -0.2) is 8.42 Å². The molecule has 0 aliphatic carbocycles. The Balaban J connectivity index is 1.87. The second-order valence-electron chi connectivity index (χ2n) is 4.00. The Kier molecular flexibility index (Phi) is 3.16. The highest BCUT2D eigenvalue weighted by Gasteiger charge is 2.20. The molecule has 2 heterocycles. The SMILES string of the molecule is CCn1ccc(CNC2C=CS(=O)(=O)C2)c1. The summed E-state index contributed by atoms with van der Waals surface area (Å²) in [4.78, 5) is 0. The van der Waals surface area contributed by atoms with Crippen LogP contribution in [-0.4, -0.2) is 24.8 Å². The molecule has 1 unspecified atom stereocenters. The summed E-state index contributed by atoms with van der Waals surface area (Å²) in [6.45, 7) is 3.75. The molecule has 1 aliphatic heterocycles. The van der Waals surface area contributed by atoms with Gasteiger partial charge in [0.05, 0.1) is 5.75 Å². The Morgan fingerprint density at radius 1 is 1.56 bits per heavy atom. The van der Waals surface area contributed by atoms with Crippen molar-refractivity contribution < 1.29 is 8.42 Å². The van der Waals surface area contributed by atoms with Gasteiger partial charge in [0.2, 0.25) is 0 Å². The van der Waals surface area contributed by atoms with E-state index in [4.69, 9.17) is 0 Å². The predicted octanol–water partition coefficient (Wildman–Crippen LogP) is 0.908. The lowest BCUT2D eigenvalue weighted by molar-refractivity contribution is 0.590. The van der Waals surface area contributed by atoms with E-state index in [1.165, 1.54) is 11.0 Å². The van der Waals surface area contributed by atoms with E-state index in [1.54, 1.807) is 6.08 Å². The van der Waals surface area contributed by atoms with E-state index in [-0.39, 0.29) is 11.8 Å². The molecule has 5 heteroatoms. The molecule has 0 saturated carbocycles. The minimum absolute atomic E-state index is 0.0463. The maximum atomic E-state index is 11.2. The van der Waals surface area contributed by atoms with Crippen molar-refractivity contribution in [3.05, 3.63) is 35.5 Å². The van der Waals surface area contributed by atoms with Gasteiger partial charge in [-0.2, -0.15) is 0 Å². The van der Waals surface area contributed by atoms with E-state index in [1.807, 2.05) is 12.3 Å². The summed E-state index contributed by atoms with van der Waals surface area (Å²) in [6, 6.07) is 2.00. The van der Waals surface area contributed by atoms with Gasteiger partial charge in [0, 0.05) is 36.9 Å². The van der Waals surface area contributed by atoms with Crippen LogP contribution < -0.4 is 5.32 Å². The first-order valence-corrected chi connectivity index (χ1v) is 7.09. The van der Waals surface area contributed by atoms with Gasteiger partial charge >= 0.3 is 0 Å². The van der Waals surface area contributed by atoms with Gasteiger partial charge < -0.3 is 9.88 Å². The molecule has 0 radical (unpaired) electrons. The smallest absolute Gasteiger partial charge is 0.173 e. The van der Waals surface area contributed by atoms with Gasteiger partial charge in [-0.15, -0.1) is 0 Å². The van der Waals surface area contributed by atoms with E-state index in [2.05, 4.69) is 23.0 Å². The molecule has 1 atom stereocenters. The number of hydrogen-bond acceptors (Lipinski definition) is 3. The molecule has 1 aromatic rings. The number of nitrogens with zero attached hydrogens (tertiary/aromatic N) is 1. The van der Waals surface area contributed by atoms with Gasteiger partial charge in [0.15, 0.2) is 9.84 Å². The van der Waals surface area contributed by atoms with Crippen molar-refractivity contribution in [2.75, 3.05) is 5.75 Å². The summed E-state index contributed by atoms with van der Waals surface area (Å²) < 4.78 is 24.4. The third-order valence-electron chi connectivity index (χ3n) is 2.68. The fourth-order valence-corrected chi connectivity index (χ4v) is 3.01. The Labute approximate surface area is 95.9 Å². The maximum absolute atomic E-state index is 11.2. The van der Waals surface area contributed by atoms with Crippen molar-refractivity contribution in [2.24, 2.45) is 0 Å². The largest absolute Gasteiger partial charge is 0.354 e. The van der Waals surface area contributed by atoms with Gasteiger partial charge in [-0.3, -0.25) is 0 Å². The molecule has 88 valence electrons. The average molecular weight is 240 g/mol. The zero-order chi connectivity index (χ0) is 11.6. The summed E-state index contributed by atoms with van der Waals surface area (Å²) in [5.74, 6) is 0.182. The van der Waals surface area contributed by atoms with Crippen LogP contribution in [0.3, 0.4) is 0 Å². The molecular weight excluding hydrogens is 224 g/mol. The van der Waals surface area contributed by atoms with Crippen LogP contribution in [0.25, 0.3) is 0 Å². The summed E-state index contributed by atoms with van der Waals surface area (Å²) in [5.41, 5.74) is 1.18. The van der Waals surface area contributed by atoms with Crippen molar-refractivity contribution in [2.45, 2.75) is 26.1 Å². The van der Waals surface area contributed by atoms with Crippen molar-refractivity contribution in [3.8, 4) is 0 Å². The van der Waals surface area contributed by atoms with Crippen molar-refractivity contribution in [1.82, 2.24) is 9.88 Å². The second-order valence-corrected chi connectivity index (χ2v) is 5.93. The van der Waals surface area contributed by atoms with Gasteiger partial charge in [0.1, 0.15) is 0 Å². The van der Waals surface area contributed by atoms with Crippen LogP contribution in [0.15, 0.2) is 29.9 Å². The Morgan fingerprint density at radius 3 is 2.94 bits per heavy atom. The minimum Gasteiger partial charge on any atom is -0.354 e. The monoisotopic (exact) mass is 240 g/mol. The molecule has 4 nitrogen and oxygen atoms in total. The molecule has 2 rings (SSSR count). The van der Waals surface area contributed by atoms with Crippen LogP contribution in [-0.2, 0) is 22.9 Å². The number of aromatic nitrogens is 1. The maximum Gasteiger partial charge on any atom is 0.173 e. The summed E-state index contributed by atoms with van der Waals surface area (Å²) in [7, 11) is -2.95. The number of hydrogen-bond donors (Lipinski definition) is 1. The second kappa shape index (κ2) is 4.43. The van der Waals surface area contributed by atoms with Crippen LogP contribution in [0.4, 0.5) is 0 Å². The molecule has 16 heavy (non-hydrogen) atoms. The molecule has 1 aliphatic rings. The first-order chi connectivity index (χ1) is 7.59. The molecule has 0 spiro atoms. The van der Waals surface area contributed by atoms with E-state index in [0.29, 0.717) is 6.54 Å². The summed E-state index contributed by atoms with van der Waals surface area (Å²) in [6.07, 6.45) is 5.81. The number of nitrogens with one attached hydrogen (secondary N) is 1. The molecular formula is C11H16N2O2S. The number of sulfone groups is 1. The van der Waals surface area contributed by atoms with Crippen LogP contribution >= 0.6 is 0 Å². The molecule has 0 amide bonds. The van der Waals surface area contributed by atoms with Crippen LogP contribution in [0.5, 0.6) is 0 Å². The van der Waals surface area contributed by atoms with Crippen molar-refractivity contribution in [3.63, 3.8) is 0 Å². The quantitative estimate of drug-likeness (QED) is 0.851. The van der Waals surface area contributed by atoms with E-state index >= 15 is 0 Å². The first kappa shape index (κ1) is 11.4. The summed E-state index contributed by atoms with van der Waals surface area (Å²) in [5, 5.41) is 4.51. The zero-order valence-electron chi connectivity index (χ0n) is 9.26. The molecule has 0 fully saturated rings. The predicted molar refractivity (Wildman–Crippen MR) is 63.7 cm³/mol. The van der Waals surface area contributed by atoms with E-state index in [0.717, 1.165) is 6.54 Å². The molecule has 0 aromatic carbocycles. The first-order valence-electron chi connectivity index (χ1n) is 5.38. The van der Waals surface area contributed by atoms with E-state index in [9.17, 15) is 8.42 Å². The fourth-order valence-electron chi connectivity index (χ4n) is 1.74. The van der Waals surface area contributed by atoms with Crippen LogP contribution in [0.2, 0.25) is 0 Å². The Hall–Kier alpha value is -1.07. The van der Waals surface area contributed by atoms with Crippen LogP contribution in [0.1, 0.15) is 12.5 Å². The average Bonchev–Trinajstić information content (AvgIpc) is 2.81. The third-order valence-corrected chi connectivity index (χ3v) is 4.07. The Bertz CT molecular complexity index is 488. The zero-order valence-corrected chi connectivity index (χ0v) is 10.1. The minimum atomic E-state index is -2.95. The number of aryl methyl sites for hydroxylation is 1. The van der Waals surface area contributed by atoms with Crippen LogP contribution in [0, 0.1) is 0 Å². The molecule has 0 bridgehead atoms. The van der Waals surface area contributed by atoms with Gasteiger partial charge in [-0.05, 0) is 18.6 Å². The third kappa shape index (κ3) is 2.74. The summed E-state index contributed by atoms with van der Waals surface area (Å²) >= 11 is 0. The van der Waals surface area contributed by atoms with Crippen molar-refractivity contribution >= 4 is 9.84 Å². The molecule has 1 aromatic heterocycles. The fraction of sp³-hybridized carbons (Fsp3) is 0.455. The normalized spacial score (nSPS) is 22.7. The molecule has 0 saturated heterocycles.